The van der Waals surface area contributed by atoms with E-state index in [9.17, 15) is 0 Å². The summed E-state index contributed by atoms with van der Waals surface area (Å²) in [6, 6.07) is 38.1. The number of hydrogen-bond acceptors (Lipinski definition) is 0. The molecule has 5 aromatic carbocycles. The van der Waals surface area contributed by atoms with Gasteiger partial charge in [0.2, 0.25) is 0 Å². The van der Waals surface area contributed by atoms with Crippen molar-refractivity contribution in [3.05, 3.63) is 145 Å². The molecule has 0 atom stereocenters. The largest absolute Gasteiger partial charge is 0.344 e. The Morgan fingerprint density at radius 1 is 0.595 bits per heavy atom. The van der Waals surface area contributed by atoms with Gasteiger partial charge in [-0.05, 0) is 81.9 Å². The number of aryl methyl sites for hydroxylation is 1. The minimum atomic E-state index is -0.136. The first-order chi connectivity index (χ1) is 20.4. The zero-order valence-electron chi connectivity index (χ0n) is 24.3. The standard InChI is InChI=1S/C40H32N2/c1-6-28-29-19-18-27(24-35(29)40(3,4)34(28)7-2)42-38-15-11-9-13-31(38)33-23-26(17-21-39(33)42)25-16-20-37-32(22-25)30-12-8-10-14-36(30)41(37)5/h6-24H,1-2H2,3-5H3. The normalized spacial score (nSPS) is 14.4. The molecule has 0 unspecified atom stereocenters. The highest BCUT2D eigenvalue weighted by Gasteiger charge is 2.35. The molecule has 0 amide bonds. The lowest BCUT2D eigenvalue weighted by molar-refractivity contribution is 0.654. The third kappa shape index (κ3) is 3.21. The van der Waals surface area contributed by atoms with Gasteiger partial charge in [0, 0.05) is 50.7 Å². The summed E-state index contributed by atoms with van der Waals surface area (Å²) < 4.78 is 4.70. The van der Waals surface area contributed by atoms with Crippen molar-refractivity contribution in [3.63, 3.8) is 0 Å². The van der Waals surface area contributed by atoms with E-state index in [4.69, 9.17) is 0 Å². The van der Waals surface area contributed by atoms with Crippen molar-refractivity contribution < 1.29 is 0 Å². The van der Waals surface area contributed by atoms with Gasteiger partial charge in [-0.15, -0.1) is 0 Å². The van der Waals surface area contributed by atoms with E-state index in [1.165, 1.54) is 82.7 Å². The molecule has 1 aliphatic carbocycles. The Labute approximate surface area is 246 Å². The van der Waals surface area contributed by atoms with Crippen LogP contribution in [0.3, 0.4) is 0 Å². The average molecular weight is 541 g/mol. The van der Waals surface area contributed by atoms with Crippen LogP contribution in [-0.4, -0.2) is 9.13 Å². The lowest BCUT2D eigenvalue weighted by Gasteiger charge is -2.23. The lowest BCUT2D eigenvalue weighted by Crippen LogP contribution is -2.16. The van der Waals surface area contributed by atoms with Crippen molar-refractivity contribution in [3.8, 4) is 16.8 Å². The Morgan fingerprint density at radius 3 is 1.86 bits per heavy atom. The molecule has 7 aromatic rings. The zero-order chi connectivity index (χ0) is 28.7. The third-order valence-electron chi connectivity index (χ3n) is 9.52. The second kappa shape index (κ2) is 8.71. The van der Waals surface area contributed by atoms with Gasteiger partial charge >= 0.3 is 0 Å². The maximum absolute atomic E-state index is 4.13. The van der Waals surface area contributed by atoms with Gasteiger partial charge in [0.05, 0.1) is 11.0 Å². The van der Waals surface area contributed by atoms with Crippen LogP contribution in [0.5, 0.6) is 0 Å². The predicted octanol–water partition coefficient (Wildman–Crippen LogP) is 10.5. The Morgan fingerprint density at radius 2 is 1.17 bits per heavy atom. The van der Waals surface area contributed by atoms with E-state index in [1.54, 1.807) is 0 Å². The molecule has 2 heterocycles. The number of benzene rings is 5. The molecule has 0 saturated heterocycles. The first-order valence-corrected chi connectivity index (χ1v) is 14.6. The highest BCUT2D eigenvalue weighted by molar-refractivity contribution is 6.12. The number of aromatic nitrogens is 2. The van der Waals surface area contributed by atoms with Gasteiger partial charge in [-0.2, -0.15) is 0 Å². The maximum atomic E-state index is 4.13. The van der Waals surface area contributed by atoms with E-state index >= 15 is 0 Å². The minimum Gasteiger partial charge on any atom is -0.344 e. The highest BCUT2D eigenvalue weighted by atomic mass is 15.0. The van der Waals surface area contributed by atoms with Crippen LogP contribution in [0.2, 0.25) is 0 Å². The molecule has 0 N–H and O–H groups in total. The quantitative estimate of drug-likeness (QED) is 0.210. The topological polar surface area (TPSA) is 9.86 Å². The van der Waals surface area contributed by atoms with E-state index in [0.717, 1.165) is 0 Å². The molecule has 1 aliphatic rings. The zero-order valence-corrected chi connectivity index (χ0v) is 24.3. The number of para-hydroxylation sites is 2. The molecule has 202 valence electrons. The monoisotopic (exact) mass is 540 g/mol. The molecule has 2 heteroatoms. The van der Waals surface area contributed by atoms with Crippen LogP contribution in [-0.2, 0) is 12.5 Å². The van der Waals surface area contributed by atoms with Gasteiger partial charge in [0.1, 0.15) is 0 Å². The summed E-state index contributed by atoms with van der Waals surface area (Å²) in [4.78, 5) is 0. The summed E-state index contributed by atoms with van der Waals surface area (Å²) in [7, 11) is 2.15. The summed E-state index contributed by atoms with van der Waals surface area (Å²) in [5, 5.41) is 5.11. The number of nitrogens with zero attached hydrogens (tertiary/aromatic N) is 2. The Balaban J connectivity index is 1.33. The Hall–Kier alpha value is -5.08. The van der Waals surface area contributed by atoms with Gasteiger partial charge in [-0.1, -0.05) is 93.8 Å². The molecular weight excluding hydrogens is 508 g/mol. The van der Waals surface area contributed by atoms with Crippen molar-refractivity contribution in [1.29, 1.82) is 0 Å². The van der Waals surface area contributed by atoms with E-state index in [0.29, 0.717) is 0 Å². The van der Waals surface area contributed by atoms with Gasteiger partial charge in [-0.25, -0.2) is 0 Å². The van der Waals surface area contributed by atoms with Crippen molar-refractivity contribution in [2.75, 3.05) is 0 Å². The van der Waals surface area contributed by atoms with Crippen LogP contribution >= 0.6 is 0 Å². The number of rotatable bonds is 4. The molecule has 0 spiro atoms. The lowest BCUT2D eigenvalue weighted by atomic mass is 9.81. The van der Waals surface area contributed by atoms with E-state index in [-0.39, 0.29) is 5.41 Å². The molecular formula is C40H32N2. The highest BCUT2D eigenvalue weighted by Crippen LogP contribution is 2.48. The molecule has 42 heavy (non-hydrogen) atoms. The van der Waals surface area contributed by atoms with Crippen LogP contribution in [0, 0.1) is 0 Å². The van der Waals surface area contributed by atoms with E-state index in [1.807, 2.05) is 12.2 Å². The summed E-state index contributed by atoms with van der Waals surface area (Å²) in [6.45, 7) is 12.8. The smallest absolute Gasteiger partial charge is 0.0541 e. The maximum Gasteiger partial charge on any atom is 0.0541 e. The fourth-order valence-electron chi connectivity index (χ4n) is 7.41. The molecule has 0 saturated carbocycles. The fraction of sp³-hybridized carbons (Fsp3) is 0.100. The van der Waals surface area contributed by atoms with Gasteiger partial charge in [0.25, 0.3) is 0 Å². The van der Waals surface area contributed by atoms with Crippen LogP contribution in [0.15, 0.2) is 134 Å². The molecule has 2 nitrogen and oxygen atoms in total. The van der Waals surface area contributed by atoms with Crippen molar-refractivity contribution in [2.24, 2.45) is 7.05 Å². The Bertz CT molecular complexity index is 2320. The third-order valence-corrected chi connectivity index (χ3v) is 9.52. The van der Waals surface area contributed by atoms with Crippen LogP contribution in [0.25, 0.3) is 66.0 Å². The van der Waals surface area contributed by atoms with Crippen LogP contribution in [0.4, 0.5) is 0 Å². The Kier molecular flexibility index (Phi) is 5.12. The van der Waals surface area contributed by atoms with Crippen LogP contribution < -0.4 is 0 Å². The summed E-state index contributed by atoms with van der Waals surface area (Å²) in [5.74, 6) is 0. The molecule has 0 bridgehead atoms. The molecule has 2 aromatic heterocycles. The van der Waals surface area contributed by atoms with Gasteiger partial charge in [-0.3, -0.25) is 0 Å². The fourth-order valence-corrected chi connectivity index (χ4v) is 7.41. The van der Waals surface area contributed by atoms with Crippen molar-refractivity contribution in [2.45, 2.75) is 19.3 Å². The van der Waals surface area contributed by atoms with Gasteiger partial charge in [0.15, 0.2) is 0 Å². The predicted molar refractivity (Wildman–Crippen MR) is 181 cm³/mol. The summed E-state index contributed by atoms with van der Waals surface area (Å²) in [5.41, 5.74) is 13.4. The second-order valence-corrected chi connectivity index (χ2v) is 12.0. The van der Waals surface area contributed by atoms with E-state index < -0.39 is 0 Å². The molecule has 8 rings (SSSR count). The first kappa shape index (κ1) is 24.7. The average Bonchev–Trinajstić information content (AvgIpc) is 3.58. The van der Waals surface area contributed by atoms with E-state index in [2.05, 4.69) is 146 Å². The molecule has 0 fully saturated rings. The van der Waals surface area contributed by atoms with Crippen molar-refractivity contribution in [1.82, 2.24) is 9.13 Å². The van der Waals surface area contributed by atoms with Crippen molar-refractivity contribution >= 4 is 49.2 Å². The summed E-state index contributed by atoms with van der Waals surface area (Å²) in [6.07, 6.45) is 3.97. The minimum absolute atomic E-state index is 0.136. The molecule has 0 radical (unpaired) electrons. The van der Waals surface area contributed by atoms with Gasteiger partial charge < -0.3 is 9.13 Å². The number of hydrogen-bond donors (Lipinski definition) is 0. The first-order valence-electron chi connectivity index (χ1n) is 14.6. The SMILES string of the molecule is C=CC1=C(C=C)C(C)(C)c2cc(-n3c4ccccc4c4cc(-c5ccc6c(c5)c5ccccc5n6C)ccc43)ccc21. The number of fused-ring (bicyclic) bond motifs is 7. The summed E-state index contributed by atoms with van der Waals surface area (Å²) >= 11 is 0. The second-order valence-electron chi connectivity index (χ2n) is 12.0. The molecule has 0 aliphatic heterocycles. The number of allylic oxidation sites excluding steroid dienone is 4. The van der Waals surface area contributed by atoms with Crippen LogP contribution in [0.1, 0.15) is 25.0 Å².